The van der Waals surface area contributed by atoms with Crippen LogP contribution in [0.3, 0.4) is 0 Å². The largest absolute Gasteiger partial charge is 0.375 e. The quantitative estimate of drug-likeness (QED) is 0.810. The van der Waals surface area contributed by atoms with Gasteiger partial charge in [-0.2, -0.15) is 0 Å². The molecule has 0 aliphatic carbocycles. The predicted octanol–water partition coefficient (Wildman–Crippen LogP) is 1.71. The number of aromatic nitrogens is 2. The third-order valence-corrected chi connectivity index (χ3v) is 3.65. The maximum atomic E-state index is 5.75. The van der Waals surface area contributed by atoms with Crippen molar-refractivity contribution >= 4 is 11.8 Å². The van der Waals surface area contributed by atoms with Gasteiger partial charge in [-0.25, -0.2) is 4.98 Å². The number of rotatable bonds is 5. The molecule has 4 nitrogen and oxygen atoms in total. The number of ether oxygens (including phenoxy) is 1. The minimum atomic E-state index is 0.570. The molecule has 1 aromatic heterocycles. The minimum absolute atomic E-state index is 0.570. The minimum Gasteiger partial charge on any atom is -0.375 e. The molecule has 1 fully saturated rings. The topological polar surface area (TPSA) is 47.0 Å². The Kier molecular flexibility index (Phi) is 5.22. The van der Waals surface area contributed by atoms with Crippen LogP contribution in [0, 0.1) is 5.92 Å². The van der Waals surface area contributed by atoms with Crippen LogP contribution in [0.15, 0.2) is 17.4 Å². The second-order valence-corrected chi connectivity index (χ2v) is 5.03. The van der Waals surface area contributed by atoms with Gasteiger partial charge in [-0.1, -0.05) is 0 Å². The van der Waals surface area contributed by atoms with E-state index in [2.05, 4.69) is 15.3 Å². The van der Waals surface area contributed by atoms with Crippen LogP contribution in [0.4, 0.5) is 0 Å². The van der Waals surface area contributed by atoms with Gasteiger partial charge >= 0.3 is 0 Å². The number of piperidine rings is 1. The van der Waals surface area contributed by atoms with E-state index >= 15 is 0 Å². The molecule has 1 saturated heterocycles. The van der Waals surface area contributed by atoms with Crippen molar-refractivity contribution < 1.29 is 4.74 Å². The van der Waals surface area contributed by atoms with E-state index in [1.165, 1.54) is 12.8 Å². The van der Waals surface area contributed by atoms with Crippen molar-refractivity contribution in [3.63, 3.8) is 0 Å². The van der Waals surface area contributed by atoms with Crippen LogP contribution < -0.4 is 5.32 Å². The molecular formula is C12H19N3OS. The summed E-state index contributed by atoms with van der Waals surface area (Å²) in [6, 6.07) is 0. The standard InChI is InChI=1S/C12H19N3OS/c1-17-12-11(14-5-6-15-12)9-16-8-10-3-2-4-13-7-10/h5-6,10,13H,2-4,7-9H2,1H3/t10-/m0/s1. The van der Waals surface area contributed by atoms with Crippen molar-refractivity contribution in [3.8, 4) is 0 Å². The number of nitrogens with one attached hydrogen (secondary N) is 1. The molecule has 0 aromatic carbocycles. The van der Waals surface area contributed by atoms with E-state index in [0.29, 0.717) is 12.5 Å². The van der Waals surface area contributed by atoms with Gasteiger partial charge in [-0.3, -0.25) is 4.98 Å². The highest BCUT2D eigenvalue weighted by Crippen LogP contribution is 2.16. The maximum absolute atomic E-state index is 5.75. The Morgan fingerprint density at radius 3 is 3.12 bits per heavy atom. The van der Waals surface area contributed by atoms with Crippen LogP contribution in [0.1, 0.15) is 18.5 Å². The first-order valence-corrected chi connectivity index (χ1v) is 7.25. The highest BCUT2D eigenvalue weighted by Gasteiger charge is 2.13. The van der Waals surface area contributed by atoms with E-state index in [0.717, 1.165) is 30.4 Å². The molecule has 1 aliphatic rings. The summed E-state index contributed by atoms with van der Waals surface area (Å²) in [6.07, 6.45) is 7.98. The van der Waals surface area contributed by atoms with Gasteiger partial charge in [0.15, 0.2) is 0 Å². The highest BCUT2D eigenvalue weighted by atomic mass is 32.2. The van der Waals surface area contributed by atoms with Crippen molar-refractivity contribution in [3.05, 3.63) is 18.1 Å². The monoisotopic (exact) mass is 253 g/mol. The summed E-state index contributed by atoms with van der Waals surface area (Å²) in [7, 11) is 0. The normalized spacial score (nSPS) is 20.4. The summed E-state index contributed by atoms with van der Waals surface area (Å²) < 4.78 is 5.75. The van der Waals surface area contributed by atoms with Crippen LogP contribution in [0.2, 0.25) is 0 Å². The third kappa shape index (κ3) is 3.94. The number of nitrogens with zero attached hydrogens (tertiary/aromatic N) is 2. The van der Waals surface area contributed by atoms with Crippen molar-refractivity contribution in [2.45, 2.75) is 24.5 Å². The fraction of sp³-hybridized carbons (Fsp3) is 0.667. The lowest BCUT2D eigenvalue weighted by Crippen LogP contribution is -2.32. The molecule has 17 heavy (non-hydrogen) atoms. The van der Waals surface area contributed by atoms with E-state index in [1.807, 2.05) is 6.26 Å². The number of thioether (sulfide) groups is 1. The summed E-state index contributed by atoms with van der Waals surface area (Å²) in [5.41, 5.74) is 0.948. The first kappa shape index (κ1) is 12.8. The summed E-state index contributed by atoms with van der Waals surface area (Å²) in [5.74, 6) is 0.651. The molecule has 0 unspecified atom stereocenters. The number of hydrogen-bond donors (Lipinski definition) is 1. The Morgan fingerprint density at radius 2 is 2.35 bits per heavy atom. The molecule has 1 aliphatic heterocycles. The third-order valence-electron chi connectivity index (χ3n) is 2.92. The van der Waals surface area contributed by atoms with Crippen LogP contribution in [0.5, 0.6) is 0 Å². The van der Waals surface area contributed by atoms with Gasteiger partial charge in [0.25, 0.3) is 0 Å². The Hall–Kier alpha value is -0.650. The highest BCUT2D eigenvalue weighted by molar-refractivity contribution is 7.98. The molecule has 0 spiro atoms. The average Bonchev–Trinajstić information content (AvgIpc) is 2.40. The molecule has 2 rings (SSSR count). The molecule has 0 saturated carbocycles. The molecule has 0 amide bonds. The van der Waals surface area contributed by atoms with Crippen LogP contribution >= 0.6 is 11.8 Å². The smallest absolute Gasteiger partial charge is 0.120 e. The van der Waals surface area contributed by atoms with Crippen molar-refractivity contribution in [2.24, 2.45) is 5.92 Å². The van der Waals surface area contributed by atoms with E-state index in [1.54, 1.807) is 24.2 Å². The lowest BCUT2D eigenvalue weighted by atomic mass is 10.0. The second kappa shape index (κ2) is 6.93. The van der Waals surface area contributed by atoms with Gasteiger partial charge in [0, 0.05) is 18.9 Å². The van der Waals surface area contributed by atoms with Gasteiger partial charge in [0.05, 0.1) is 18.9 Å². The molecule has 1 aromatic rings. The van der Waals surface area contributed by atoms with Crippen molar-refractivity contribution in [1.29, 1.82) is 0 Å². The lowest BCUT2D eigenvalue weighted by Gasteiger charge is -2.22. The van der Waals surface area contributed by atoms with Crippen molar-refractivity contribution in [2.75, 3.05) is 26.0 Å². The summed E-state index contributed by atoms with van der Waals surface area (Å²) in [4.78, 5) is 8.58. The fourth-order valence-corrected chi connectivity index (χ4v) is 2.53. The van der Waals surface area contributed by atoms with Gasteiger partial charge in [-0.05, 0) is 31.6 Å². The molecule has 2 heterocycles. The molecule has 0 bridgehead atoms. The summed E-state index contributed by atoms with van der Waals surface area (Å²) in [6.45, 7) is 3.62. The summed E-state index contributed by atoms with van der Waals surface area (Å²) >= 11 is 1.62. The predicted molar refractivity (Wildman–Crippen MR) is 69.1 cm³/mol. The second-order valence-electron chi connectivity index (χ2n) is 4.24. The zero-order valence-electron chi connectivity index (χ0n) is 10.2. The Labute approximate surface area is 107 Å². The van der Waals surface area contributed by atoms with Gasteiger partial charge in [-0.15, -0.1) is 11.8 Å². The molecule has 94 valence electrons. The van der Waals surface area contributed by atoms with Crippen LogP contribution in [-0.4, -0.2) is 35.9 Å². The Balaban J connectivity index is 1.77. The zero-order chi connectivity index (χ0) is 11.9. The maximum Gasteiger partial charge on any atom is 0.120 e. The molecule has 1 N–H and O–H groups in total. The van der Waals surface area contributed by atoms with Crippen LogP contribution in [0.25, 0.3) is 0 Å². The first-order valence-electron chi connectivity index (χ1n) is 6.02. The van der Waals surface area contributed by atoms with E-state index in [-0.39, 0.29) is 0 Å². The molecule has 1 atom stereocenters. The van der Waals surface area contributed by atoms with Gasteiger partial charge in [0.1, 0.15) is 5.03 Å². The average molecular weight is 253 g/mol. The van der Waals surface area contributed by atoms with Gasteiger partial charge in [0.2, 0.25) is 0 Å². The van der Waals surface area contributed by atoms with E-state index in [9.17, 15) is 0 Å². The Bertz CT molecular complexity index is 342. The van der Waals surface area contributed by atoms with Crippen LogP contribution in [-0.2, 0) is 11.3 Å². The Morgan fingerprint density at radius 1 is 1.47 bits per heavy atom. The fourth-order valence-electron chi connectivity index (χ4n) is 2.01. The lowest BCUT2D eigenvalue weighted by molar-refractivity contribution is 0.0747. The molecular weight excluding hydrogens is 234 g/mol. The SMILES string of the molecule is CSc1nccnc1COC[C@H]1CCCNC1. The van der Waals surface area contributed by atoms with E-state index < -0.39 is 0 Å². The first-order chi connectivity index (χ1) is 8.40. The van der Waals surface area contributed by atoms with E-state index in [4.69, 9.17) is 4.74 Å². The molecule has 0 radical (unpaired) electrons. The van der Waals surface area contributed by atoms with Gasteiger partial charge < -0.3 is 10.1 Å². The molecule has 5 heteroatoms. The number of hydrogen-bond acceptors (Lipinski definition) is 5. The summed E-state index contributed by atoms with van der Waals surface area (Å²) in [5, 5.41) is 4.36. The zero-order valence-corrected chi connectivity index (χ0v) is 11.0. The van der Waals surface area contributed by atoms with Crippen molar-refractivity contribution in [1.82, 2.24) is 15.3 Å².